The number of rotatable bonds is 5. The first kappa shape index (κ1) is 14.4. The van der Waals surface area contributed by atoms with Gasteiger partial charge in [0, 0.05) is 10.9 Å². The van der Waals surface area contributed by atoms with Crippen molar-refractivity contribution in [1.82, 2.24) is 10.1 Å². The van der Waals surface area contributed by atoms with E-state index in [2.05, 4.69) is 10.1 Å². The van der Waals surface area contributed by atoms with Crippen LogP contribution in [0.15, 0.2) is 28.8 Å². The van der Waals surface area contributed by atoms with E-state index in [0.29, 0.717) is 12.3 Å². The van der Waals surface area contributed by atoms with Gasteiger partial charge in [0.25, 0.3) is 0 Å². The third kappa shape index (κ3) is 4.24. The van der Waals surface area contributed by atoms with Crippen LogP contribution in [-0.2, 0) is 12.2 Å². The largest absolute Gasteiger partial charge is 0.399 e. The Morgan fingerprint density at radius 2 is 2.10 bits per heavy atom. The maximum Gasteiger partial charge on any atom is 0.231 e. The van der Waals surface area contributed by atoms with Crippen molar-refractivity contribution in [2.45, 2.75) is 49.5 Å². The zero-order valence-electron chi connectivity index (χ0n) is 12.1. The fourth-order valence-corrected chi connectivity index (χ4v) is 3.89. The second-order valence-electron chi connectivity index (χ2n) is 5.60. The van der Waals surface area contributed by atoms with Crippen LogP contribution in [0.4, 0.5) is 5.69 Å². The molecular weight excluding hydrogens is 282 g/mol. The zero-order chi connectivity index (χ0) is 14.5. The van der Waals surface area contributed by atoms with Crippen molar-refractivity contribution in [3.63, 3.8) is 0 Å². The van der Waals surface area contributed by atoms with Gasteiger partial charge in [-0.25, -0.2) is 0 Å². The fourth-order valence-electron chi connectivity index (χ4n) is 2.72. The first-order valence-corrected chi connectivity index (χ1v) is 8.62. The highest BCUT2D eigenvalue weighted by Crippen LogP contribution is 2.29. The van der Waals surface area contributed by atoms with Crippen LogP contribution in [0.2, 0.25) is 0 Å². The van der Waals surface area contributed by atoms with Gasteiger partial charge in [-0.1, -0.05) is 36.6 Å². The first-order valence-electron chi connectivity index (χ1n) is 7.57. The molecule has 5 heteroatoms. The molecule has 0 bridgehead atoms. The van der Waals surface area contributed by atoms with Crippen molar-refractivity contribution in [3.8, 4) is 0 Å². The third-order valence-corrected chi connectivity index (χ3v) is 5.18. The summed E-state index contributed by atoms with van der Waals surface area (Å²) in [4.78, 5) is 4.48. The molecule has 1 aliphatic carbocycles. The lowest BCUT2D eigenvalue weighted by Crippen LogP contribution is -2.08. The predicted octanol–water partition coefficient (Wildman–Crippen LogP) is 3.81. The molecule has 112 valence electrons. The number of hydrogen-bond acceptors (Lipinski definition) is 5. The second-order valence-corrected chi connectivity index (χ2v) is 6.89. The maximum absolute atomic E-state index is 5.78. The third-order valence-electron chi connectivity index (χ3n) is 3.82. The Kier molecular flexibility index (Phi) is 4.80. The van der Waals surface area contributed by atoms with Crippen LogP contribution in [0.25, 0.3) is 0 Å². The van der Waals surface area contributed by atoms with Gasteiger partial charge in [0.1, 0.15) is 0 Å². The molecule has 2 aromatic rings. The van der Waals surface area contributed by atoms with Gasteiger partial charge >= 0.3 is 0 Å². The molecule has 3 rings (SSSR count). The molecule has 1 aliphatic rings. The number of nitrogens with two attached hydrogens (primary N) is 1. The van der Waals surface area contributed by atoms with E-state index in [0.717, 1.165) is 28.1 Å². The molecule has 1 fully saturated rings. The van der Waals surface area contributed by atoms with E-state index in [4.69, 9.17) is 10.3 Å². The minimum Gasteiger partial charge on any atom is -0.399 e. The molecule has 2 N–H and O–H groups in total. The smallest absolute Gasteiger partial charge is 0.231 e. The topological polar surface area (TPSA) is 64.9 Å². The standard InChI is InChI=1S/C16H21N3OS/c17-13-6-4-5-12(9-13)10-16-18-15(19-20-16)11-21-14-7-2-1-3-8-14/h4-6,9,14H,1-3,7-8,10-11,17H2. The van der Waals surface area contributed by atoms with E-state index < -0.39 is 0 Å². The normalized spacial score (nSPS) is 16.2. The molecular formula is C16H21N3OS. The van der Waals surface area contributed by atoms with E-state index in [1.165, 1.54) is 32.1 Å². The number of hydrogen-bond donors (Lipinski definition) is 1. The number of nitrogens with zero attached hydrogens (tertiary/aromatic N) is 2. The molecule has 0 aliphatic heterocycles. The number of thioether (sulfide) groups is 1. The molecule has 21 heavy (non-hydrogen) atoms. The van der Waals surface area contributed by atoms with E-state index in [1.54, 1.807) is 0 Å². The molecule has 0 atom stereocenters. The number of benzene rings is 1. The van der Waals surface area contributed by atoms with Crippen molar-refractivity contribution in [3.05, 3.63) is 41.5 Å². The van der Waals surface area contributed by atoms with Gasteiger partial charge in [0.05, 0.1) is 12.2 Å². The van der Waals surface area contributed by atoms with E-state index in [9.17, 15) is 0 Å². The van der Waals surface area contributed by atoms with Gasteiger partial charge in [-0.3, -0.25) is 0 Å². The minimum atomic E-state index is 0.645. The summed E-state index contributed by atoms with van der Waals surface area (Å²) in [5.41, 5.74) is 7.64. The molecule has 0 spiro atoms. The highest BCUT2D eigenvalue weighted by molar-refractivity contribution is 7.99. The van der Waals surface area contributed by atoms with Gasteiger partial charge in [-0.05, 0) is 30.5 Å². The summed E-state index contributed by atoms with van der Waals surface area (Å²) in [6, 6.07) is 7.79. The number of nitrogen functional groups attached to an aromatic ring is 1. The fraction of sp³-hybridized carbons (Fsp3) is 0.500. The molecule has 0 amide bonds. The summed E-state index contributed by atoms with van der Waals surface area (Å²) >= 11 is 1.97. The SMILES string of the molecule is Nc1cccc(Cc2nc(CSC3CCCCC3)no2)c1. The molecule has 0 unspecified atom stereocenters. The Morgan fingerprint density at radius 3 is 2.90 bits per heavy atom. The van der Waals surface area contributed by atoms with Gasteiger partial charge in [0.2, 0.25) is 5.89 Å². The van der Waals surface area contributed by atoms with Gasteiger partial charge < -0.3 is 10.3 Å². The number of aromatic nitrogens is 2. The number of anilines is 1. The molecule has 1 heterocycles. The Bertz CT molecular complexity index is 578. The summed E-state index contributed by atoms with van der Waals surface area (Å²) in [5.74, 6) is 2.33. The summed E-state index contributed by atoms with van der Waals surface area (Å²) < 4.78 is 5.33. The lowest BCUT2D eigenvalue weighted by Gasteiger charge is -2.19. The quantitative estimate of drug-likeness (QED) is 0.851. The monoisotopic (exact) mass is 303 g/mol. The highest BCUT2D eigenvalue weighted by Gasteiger charge is 2.15. The van der Waals surface area contributed by atoms with Crippen LogP contribution in [0.5, 0.6) is 0 Å². The summed E-state index contributed by atoms with van der Waals surface area (Å²) in [5, 5.41) is 4.85. The average Bonchev–Trinajstić information content (AvgIpc) is 2.94. The Morgan fingerprint density at radius 1 is 1.24 bits per heavy atom. The minimum absolute atomic E-state index is 0.645. The Balaban J connectivity index is 1.53. The van der Waals surface area contributed by atoms with Crippen LogP contribution < -0.4 is 5.73 Å². The Labute approximate surface area is 129 Å². The van der Waals surface area contributed by atoms with Gasteiger partial charge in [-0.2, -0.15) is 16.7 Å². The van der Waals surface area contributed by atoms with Crippen LogP contribution >= 0.6 is 11.8 Å². The van der Waals surface area contributed by atoms with Crippen molar-refractivity contribution in [2.75, 3.05) is 5.73 Å². The van der Waals surface area contributed by atoms with Crippen LogP contribution in [0.3, 0.4) is 0 Å². The predicted molar refractivity (Wildman–Crippen MR) is 86.1 cm³/mol. The zero-order valence-corrected chi connectivity index (χ0v) is 12.9. The van der Waals surface area contributed by atoms with E-state index >= 15 is 0 Å². The van der Waals surface area contributed by atoms with Gasteiger partial charge in [0.15, 0.2) is 5.82 Å². The summed E-state index contributed by atoms with van der Waals surface area (Å²) in [6.45, 7) is 0. The van der Waals surface area contributed by atoms with E-state index in [-0.39, 0.29) is 0 Å². The molecule has 1 aromatic carbocycles. The summed E-state index contributed by atoms with van der Waals surface area (Å²) in [7, 11) is 0. The van der Waals surface area contributed by atoms with Crippen LogP contribution in [-0.4, -0.2) is 15.4 Å². The lowest BCUT2D eigenvalue weighted by atomic mass is 10.0. The first-order chi connectivity index (χ1) is 10.3. The second kappa shape index (κ2) is 6.98. The van der Waals surface area contributed by atoms with Crippen molar-refractivity contribution >= 4 is 17.4 Å². The van der Waals surface area contributed by atoms with Crippen LogP contribution in [0.1, 0.15) is 49.4 Å². The van der Waals surface area contributed by atoms with Crippen molar-refractivity contribution in [1.29, 1.82) is 0 Å². The van der Waals surface area contributed by atoms with Crippen molar-refractivity contribution in [2.24, 2.45) is 0 Å². The Hall–Kier alpha value is -1.49. The van der Waals surface area contributed by atoms with Crippen LogP contribution in [0, 0.1) is 0 Å². The highest BCUT2D eigenvalue weighted by atomic mass is 32.2. The molecule has 0 saturated heterocycles. The molecule has 4 nitrogen and oxygen atoms in total. The lowest BCUT2D eigenvalue weighted by molar-refractivity contribution is 0.381. The van der Waals surface area contributed by atoms with E-state index in [1.807, 2.05) is 36.0 Å². The van der Waals surface area contributed by atoms with Gasteiger partial charge in [-0.15, -0.1) is 0 Å². The average molecular weight is 303 g/mol. The molecule has 0 radical (unpaired) electrons. The molecule has 1 saturated carbocycles. The summed E-state index contributed by atoms with van der Waals surface area (Å²) in [6.07, 6.45) is 7.43. The maximum atomic E-state index is 5.78. The van der Waals surface area contributed by atoms with Crippen molar-refractivity contribution < 1.29 is 4.52 Å². The molecule has 1 aromatic heterocycles.